The van der Waals surface area contributed by atoms with Crippen molar-refractivity contribution in [2.45, 2.75) is 12.8 Å². The van der Waals surface area contributed by atoms with E-state index in [4.69, 9.17) is 4.74 Å². The first-order valence-electron chi connectivity index (χ1n) is 9.14. The third-order valence-electron chi connectivity index (χ3n) is 4.59. The lowest BCUT2D eigenvalue weighted by Gasteiger charge is -2.08. The van der Waals surface area contributed by atoms with Gasteiger partial charge in [-0.15, -0.1) is 0 Å². The summed E-state index contributed by atoms with van der Waals surface area (Å²) in [5.41, 5.74) is 0.216. The van der Waals surface area contributed by atoms with Crippen molar-refractivity contribution in [3.63, 3.8) is 0 Å². The van der Waals surface area contributed by atoms with Gasteiger partial charge < -0.3 is 10.1 Å². The van der Waals surface area contributed by atoms with Gasteiger partial charge in [0, 0.05) is 16.5 Å². The first kappa shape index (κ1) is 20.4. The third-order valence-corrected chi connectivity index (χ3v) is 4.59. The van der Waals surface area contributed by atoms with Crippen molar-refractivity contribution in [3.05, 3.63) is 89.2 Å². The summed E-state index contributed by atoms with van der Waals surface area (Å²) in [6.07, 6.45) is -4.48. The molecule has 3 aromatic carbocycles. The van der Waals surface area contributed by atoms with E-state index in [0.717, 1.165) is 24.3 Å². The van der Waals surface area contributed by atoms with Crippen LogP contribution < -0.4 is 10.1 Å². The SMILES string of the molecule is O=C(Nc1n[nH]c2ccc(OCc3ccccc3F)cc12)c1ccc(C(F)(F)F)cc1. The highest BCUT2D eigenvalue weighted by Crippen LogP contribution is 2.30. The molecule has 0 aliphatic heterocycles. The van der Waals surface area contributed by atoms with Gasteiger partial charge in [-0.25, -0.2) is 4.39 Å². The number of nitrogens with zero attached hydrogens (tertiary/aromatic N) is 1. The van der Waals surface area contributed by atoms with Gasteiger partial charge in [0.15, 0.2) is 5.82 Å². The summed E-state index contributed by atoms with van der Waals surface area (Å²) < 4.78 is 57.4. The van der Waals surface area contributed by atoms with Crippen LogP contribution in [-0.2, 0) is 12.8 Å². The number of anilines is 1. The second kappa shape index (κ2) is 8.10. The molecule has 4 rings (SSSR count). The molecule has 0 fully saturated rings. The third kappa shape index (κ3) is 4.50. The molecule has 0 radical (unpaired) electrons. The van der Waals surface area contributed by atoms with Gasteiger partial charge in [-0.3, -0.25) is 9.89 Å². The second-order valence-corrected chi connectivity index (χ2v) is 6.69. The number of rotatable bonds is 5. The van der Waals surface area contributed by atoms with Crippen molar-refractivity contribution in [1.29, 1.82) is 0 Å². The summed E-state index contributed by atoms with van der Waals surface area (Å²) in [6, 6.07) is 15.1. The standard InChI is InChI=1S/C22H15F4N3O2/c23-18-4-2-1-3-14(18)12-31-16-9-10-19-17(11-16)20(29-28-19)27-21(30)13-5-7-15(8-6-13)22(24,25)26/h1-11H,12H2,(H2,27,28,29,30). The van der Waals surface area contributed by atoms with Crippen LogP contribution in [0.2, 0.25) is 0 Å². The van der Waals surface area contributed by atoms with Gasteiger partial charge in [-0.05, 0) is 48.5 Å². The Balaban J connectivity index is 1.51. The zero-order chi connectivity index (χ0) is 22.0. The van der Waals surface area contributed by atoms with Crippen LogP contribution in [-0.4, -0.2) is 16.1 Å². The maximum atomic E-state index is 13.7. The van der Waals surface area contributed by atoms with Crippen LogP contribution in [0.25, 0.3) is 10.9 Å². The van der Waals surface area contributed by atoms with Crippen LogP contribution >= 0.6 is 0 Å². The first-order chi connectivity index (χ1) is 14.8. The van der Waals surface area contributed by atoms with E-state index in [-0.39, 0.29) is 23.8 Å². The molecule has 1 amide bonds. The van der Waals surface area contributed by atoms with Gasteiger partial charge in [0.1, 0.15) is 18.2 Å². The van der Waals surface area contributed by atoms with Crippen LogP contribution in [0.5, 0.6) is 5.75 Å². The van der Waals surface area contributed by atoms with E-state index in [0.29, 0.717) is 22.2 Å². The average Bonchev–Trinajstić information content (AvgIpc) is 3.14. The molecular formula is C22H15F4N3O2. The molecule has 1 heterocycles. The molecule has 0 bridgehead atoms. The fraction of sp³-hybridized carbons (Fsp3) is 0.0909. The lowest BCUT2D eigenvalue weighted by atomic mass is 10.1. The number of benzene rings is 3. The van der Waals surface area contributed by atoms with E-state index in [1.807, 2.05) is 0 Å². The Labute approximate surface area is 173 Å². The van der Waals surface area contributed by atoms with Crippen LogP contribution in [0.3, 0.4) is 0 Å². The van der Waals surface area contributed by atoms with Gasteiger partial charge in [-0.2, -0.15) is 18.3 Å². The summed E-state index contributed by atoms with van der Waals surface area (Å²) >= 11 is 0. The largest absolute Gasteiger partial charge is 0.489 e. The minimum atomic E-state index is -4.48. The average molecular weight is 429 g/mol. The molecule has 2 N–H and O–H groups in total. The number of fused-ring (bicyclic) bond motifs is 1. The molecule has 0 spiro atoms. The van der Waals surface area contributed by atoms with Crippen molar-refractivity contribution in [2.24, 2.45) is 0 Å². The fourth-order valence-electron chi connectivity index (χ4n) is 2.95. The number of carbonyl (C=O) groups excluding carboxylic acids is 1. The summed E-state index contributed by atoms with van der Waals surface area (Å²) in [5.74, 6) is -0.366. The molecule has 31 heavy (non-hydrogen) atoms. The van der Waals surface area contributed by atoms with Gasteiger partial charge in [0.05, 0.1) is 11.1 Å². The maximum Gasteiger partial charge on any atom is 0.416 e. The molecule has 0 atom stereocenters. The lowest BCUT2D eigenvalue weighted by Crippen LogP contribution is -2.13. The molecular weight excluding hydrogens is 414 g/mol. The molecule has 0 aliphatic carbocycles. The molecule has 4 aromatic rings. The minimum absolute atomic E-state index is 0.0171. The number of amides is 1. The quantitative estimate of drug-likeness (QED) is 0.409. The zero-order valence-electron chi connectivity index (χ0n) is 15.8. The molecule has 5 nitrogen and oxygen atoms in total. The smallest absolute Gasteiger partial charge is 0.416 e. The number of aromatic amines is 1. The molecule has 0 saturated heterocycles. The Hall–Kier alpha value is -3.88. The van der Waals surface area contributed by atoms with E-state index in [9.17, 15) is 22.4 Å². The molecule has 158 valence electrons. The van der Waals surface area contributed by atoms with Crippen molar-refractivity contribution in [1.82, 2.24) is 10.2 Å². The van der Waals surface area contributed by atoms with Crippen molar-refractivity contribution in [3.8, 4) is 5.75 Å². The number of halogens is 4. The van der Waals surface area contributed by atoms with Gasteiger partial charge in [0.2, 0.25) is 0 Å². The Morgan fingerprint density at radius 1 is 1.03 bits per heavy atom. The van der Waals surface area contributed by atoms with Gasteiger partial charge in [0.25, 0.3) is 5.91 Å². The fourth-order valence-corrected chi connectivity index (χ4v) is 2.95. The maximum absolute atomic E-state index is 13.7. The Morgan fingerprint density at radius 2 is 1.77 bits per heavy atom. The zero-order valence-corrected chi connectivity index (χ0v) is 15.8. The molecule has 0 aliphatic rings. The van der Waals surface area contributed by atoms with E-state index >= 15 is 0 Å². The monoisotopic (exact) mass is 429 g/mol. The number of hydrogen-bond acceptors (Lipinski definition) is 3. The molecule has 9 heteroatoms. The van der Waals surface area contributed by atoms with Crippen LogP contribution in [0, 0.1) is 5.82 Å². The summed E-state index contributed by atoms with van der Waals surface area (Å²) in [4.78, 5) is 12.4. The van der Waals surface area contributed by atoms with Gasteiger partial charge >= 0.3 is 6.18 Å². The number of nitrogens with one attached hydrogen (secondary N) is 2. The molecule has 1 aromatic heterocycles. The first-order valence-corrected chi connectivity index (χ1v) is 9.14. The highest BCUT2D eigenvalue weighted by atomic mass is 19.4. The van der Waals surface area contributed by atoms with Crippen molar-refractivity contribution < 1.29 is 27.1 Å². The number of alkyl halides is 3. The predicted octanol–water partition coefficient (Wildman–Crippen LogP) is 5.55. The Morgan fingerprint density at radius 3 is 2.48 bits per heavy atom. The highest BCUT2D eigenvalue weighted by Gasteiger charge is 2.30. The van der Waals surface area contributed by atoms with Crippen molar-refractivity contribution >= 4 is 22.6 Å². The molecule has 0 saturated carbocycles. The number of carbonyl (C=O) groups is 1. The second-order valence-electron chi connectivity index (χ2n) is 6.69. The lowest BCUT2D eigenvalue weighted by molar-refractivity contribution is -0.137. The highest BCUT2D eigenvalue weighted by molar-refractivity contribution is 6.08. The number of ether oxygens (including phenoxy) is 1. The Bertz CT molecular complexity index is 1230. The minimum Gasteiger partial charge on any atom is -0.489 e. The van der Waals surface area contributed by atoms with Crippen molar-refractivity contribution in [2.75, 3.05) is 5.32 Å². The topological polar surface area (TPSA) is 67.0 Å². The van der Waals surface area contributed by atoms with E-state index < -0.39 is 17.6 Å². The van der Waals surface area contributed by atoms with Crippen LogP contribution in [0.1, 0.15) is 21.5 Å². The summed E-state index contributed by atoms with van der Waals surface area (Å²) in [6.45, 7) is 0.0171. The van der Waals surface area contributed by atoms with Gasteiger partial charge in [-0.1, -0.05) is 18.2 Å². The molecule has 0 unspecified atom stereocenters. The van der Waals surface area contributed by atoms with E-state index in [1.165, 1.54) is 6.07 Å². The number of H-pyrrole nitrogens is 1. The number of aromatic nitrogens is 2. The summed E-state index contributed by atoms with van der Waals surface area (Å²) in [5, 5.41) is 9.90. The normalized spacial score (nSPS) is 11.5. The summed E-state index contributed by atoms with van der Waals surface area (Å²) in [7, 11) is 0. The van der Waals surface area contributed by atoms with E-state index in [1.54, 1.807) is 36.4 Å². The van der Waals surface area contributed by atoms with Crippen LogP contribution in [0.4, 0.5) is 23.4 Å². The Kier molecular flexibility index (Phi) is 5.33. The van der Waals surface area contributed by atoms with E-state index in [2.05, 4.69) is 15.5 Å². The van der Waals surface area contributed by atoms with Crippen LogP contribution in [0.15, 0.2) is 66.7 Å². The number of hydrogen-bond donors (Lipinski definition) is 2. The predicted molar refractivity (Wildman–Crippen MR) is 106 cm³/mol.